The number of nitrogens with zero attached hydrogens (tertiary/aromatic N) is 2. The average molecular weight is 369 g/mol. The van der Waals surface area contributed by atoms with Crippen LogP contribution in [0.15, 0.2) is 52.5 Å². The summed E-state index contributed by atoms with van der Waals surface area (Å²) in [6.45, 7) is 3.00. The SMILES string of the molecule is C[C@H]1[C@H](c2ccccc2)CCN1C(=O)Cc1csc(-c2ccsc2)n1. The van der Waals surface area contributed by atoms with Gasteiger partial charge in [-0.05, 0) is 30.4 Å². The van der Waals surface area contributed by atoms with Gasteiger partial charge in [-0.25, -0.2) is 4.98 Å². The van der Waals surface area contributed by atoms with Crippen molar-refractivity contribution >= 4 is 28.6 Å². The zero-order chi connectivity index (χ0) is 17.2. The third-order valence-electron chi connectivity index (χ3n) is 4.96. The molecule has 3 aromatic rings. The smallest absolute Gasteiger partial charge is 0.228 e. The molecule has 25 heavy (non-hydrogen) atoms. The van der Waals surface area contributed by atoms with Crippen molar-refractivity contribution in [3.63, 3.8) is 0 Å². The number of amides is 1. The van der Waals surface area contributed by atoms with Gasteiger partial charge in [0.25, 0.3) is 0 Å². The van der Waals surface area contributed by atoms with Crippen LogP contribution in [0.2, 0.25) is 0 Å². The summed E-state index contributed by atoms with van der Waals surface area (Å²) in [5.41, 5.74) is 3.36. The van der Waals surface area contributed by atoms with E-state index < -0.39 is 0 Å². The molecule has 0 unspecified atom stereocenters. The molecular formula is C20H20N2OS2. The Labute approximate surface area is 156 Å². The van der Waals surface area contributed by atoms with Crippen LogP contribution in [-0.2, 0) is 11.2 Å². The molecule has 0 saturated carbocycles. The molecule has 1 amide bonds. The summed E-state index contributed by atoms with van der Waals surface area (Å²) >= 11 is 3.28. The van der Waals surface area contributed by atoms with Crippen LogP contribution in [0.5, 0.6) is 0 Å². The van der Waals surface area contributed by atoms with Gasteiger partial charge in [0.05, 0.1) is 12.1 Å². The summed E-state index contributed by atoms with van der Waals surface area (Å²) in [6.07, 6.45) is 1.43. The minimum atomic E-state index is 0.188. The number of hydrogen-bond donors (Lipinski definition) is 0. The molecule has 0 bridgehead atoms. The van der Waals surface area contributed by atoms with E-state index in [9.17, 15) is 4.79 Å². The molecule has 1 aromatic carbocycles. The standard InChI is InChI=1S/C20H20N2OS2/c1-14-18(15-5-3-2-4-6-15)7-9-22(14)19(23)11-17-13-25-20(21-17)16-8-10-24-12-16/h2-6,8,10,12-14,18H,7,9,11H2,1H3/t14-,18+/m0/s1. The summed E-state index contributed by atoms with van der Waals surface area (Å²) in [6, 6.07) is 12.8. The van der Waals surface area contributed by atoms with E-state index in [-0.39, 0.29) is 11.9 Å². The molecule has 0 aliphatic carbocycles. The number of likely N-dealkylation sites (tertiary alicyclic amines) is 1. The summed E-state index contributed by atoms with van der Waals surface area (Å²) in [5.74, 6) is 0.620. The molecule has 3 heterocycles. The highest BCUT2D eigenvalue weighted by atomic mass is 32.1. The highest BCUT2D eigenvalue weighted by Gasteiger charge is 2.34. The first-order chi connectivity index (χ1) is 12.2. The minimum absolute atomic E-state index is 0.188. The van der Waals surface area contributed by atoms with Crippen molar-refractivity contribution in [2.24, 2.45) is 0 Å². The molecule has 2 aromatic heterocycles. The molecule has 0 radical (unpaired) electrons. The van der Waals surface area contributed by atoms with Crippen LogP contribution in [0.25, 0.3) is 10.6 Å². The van der Waals surface area contributed by atoms with Crippen LogP contribution in [0.1, 0.15) is 30.5 Å². The fraction of sp³-hybridized carbons (Fsp3) is 0.300. The first-order valence-corrected chi connectivity index (χ1v) is 10.4. The quantitative estimate of drug-likeness (QED) is 0.661. The molecule has 1 aliphatic heterocycles. The van der Waals surface area contributed by atoms with E-state index in [1.165, 1.54) is 5.56 Å². The molecule has 5 heteroatoms. The predicted octanol–water partition coefficient (Wildman–Crippen LogP) is 4.82. The van der Waals surface area contributed by atoms with Gasteiger partial charge >= 0.3 is 0 Å². The largest absolute Gasteiger partial charge is 0.339 e. The third kappa shape index (κ3) is 3.39. The number of thiophene rings is 1. The van der Waals surface area contributed by atoms with Gasteiger partial charge in [-0.1, -0.05) is 30.3 Å². The maximum Gasteiger partial charge on any atom is 0.228 e. The van der Waals surface area contributed by atoms with Gasteiger partial charge in [0.2, 0.25) is 5.91 Å². The van der Waals surface area contributed by atoms with Gasteiger partial charge in [0.15, 0.2) is 0 Å². The Hall–Kier alpha value is -1.98. The molecule has 128 valence electrons. The highest BCUT2D eigenvalue weighted by molar-refractivity contribution is 7.14. The zero-order valence-corrected chi connectivity index (χ0v) is 15.7. The second-order valence-corrected chi connectivity index (χ2v) is 8.10. The molecule has 0 N–H and O–H groups in total. The van der Waals surface area contributed by atoms with Crippen molar-refractivity contribution in [3.05, 3.63) is 63.8 Å². The number of thiazole rings is 1. The lowest BCUT2D eigenvalue weighted by Gasteiger charge is -2.25. The van der Waals surface area contributed by atoms with E-state index in [1.807, 2.05) is 16.3 Å². The Bertz CT molecular complexity index is 842. The van der Waals surface area contributed by atoms with E-state index >= 15 is 0 Å². The van der Waals surface area contributed by atoms with Gasteiger partial charge in [-0.3, -0.25) is 4.79 Å². The molecule has 1 fully saturated rings. The summed E-state index contributed by atoms with van der Waals surface area (Å²) in [4.78, 5) is 19.5. The van der Waals surface area contributed by atoms with Crippen molar-refractivity contribution in [2.45, 2.75) is 31.7 Å². The van der Waals surface area contributed by atoms with Gasteiger partial charge in [-0.2, -0.15) is 11.3 Å². The molecule has 1 saturated heterocycles. The predicted molar refractivity (Wildman–Crippen MR) is 104 cm³/mol. The lowest BCUT2D eigenvalue weighted by Crippen LogP contribution is -2.36. The van der Waals surface area contributed by atoms with Crippen molar-refractivity contribution in [1.29, 1.82) is 0 Å². The Kier molecular flexibility index (Phi) is 4.68. The van der Waals surface area contributed by atoms with Crippen LogP contribution >= 0.6 is 22.7 Å². The molecule has 1 aliphatic rings. The number of carbonyl (C=O) groups is 1. The number of hydrogen-bond acceptors (Lipinski definition) is 4. The van der Waals surface area contributed by atoms with Gasteiger partial charge in [0.1, 0.15) is 5.01 Å². The summed E-state index contributed by atoms with van der Waals surface area (Å²) in [7, 11) is 0. The van der Waals surface area contributed by atoms with Crippen LogP contribution in [-0.4, -0.2) is 28.4 Å². The minimum Gasteiger partial charge on any atom is -0.339 e. The maximum absolute atomic E-state index is 12.8. The summed E-state index contributed by atoms with van der Waals surface area (Å²) in [5, 5.41) is 7.16. The van der Waals surface area contributed by atoms with Crippen molar-refractivity contribution in [3.8, 4) is 10.6 Å². The van der Waals surface area contributed by atoms with Crippen LogP contribution < -0.4 is 0 Å². The van der Waals surface area contributed by atoms with Crippen molar-refractivity contribution in [2.75, 3.05) is 6.54 Å². The number of aromatic nitrogens is 1. The van der Waals surface area contributed by atoms with E-state index in [2.05, 4.69) is 53.0 Å². The Morgan fingerprint density at radius 3 is 2.84 bits per heavy atom. The van der Waals surface area contributed by atoms with E-state index in [1.54, 1.807) is 22.7 Å². The monoisotopic (exact) mass is 368 g/mol. The third-order valence-corrected chi connectivity index (χ3v) is 6.58. The lowest BCUT2D eigenvalue weighted by atomic mass is 9.93. The van der Waals surface area contributed by atoms with Gasteiger partial charge in [0, 0.05) is 34.8 Å². The van der Waals surface area contributed by atoms with Crippen LogP contribution in [0, 0.1) is 0 Å². The van der Waals surface area contributed by atoms with Gasteiger partial charge in [-0.15, -0.1) is 11.3 Å². The van der Waals surface area contributed by atoms with E-state index in [0.717, 1.165) is 29.2 Å². The number of rotatable bonds is 4. The van der Waals surface area contributed by atoms with Crippen LogP contribution in [0.3, 0.4) is 0 Å². The number of carbonyl (C=O) groups excluding carboxylic acids is 1. The normalized spacial score (nSPS) is 20.1. The second kappa shape index (κ2) is 7.10. The molecule has 3 nitrogen and oxygen atoms in total. The topological polar surface area (TPSA) is 33.2 Å². The van der Waals surface area contributed by atoms with Crippen molar-refractivity contribution in [1.82, 2.24) is 9.88 Å². The van der Waals surface area contributed by atoms with Crippen LogP contribution in [0.4, 0.5) is 0 Å². The molecular weight excluding hydrogens is 348 g/mol. The second-order valence-electron chi connectivity index (χ2n) is 6.47. The zero-order valence-electron chi connectivity index (χ0n) is 14.1. The Balaban J connectivity index is 1.43. The fourth-order valence-corrected chi connectivity index (χ4v) is 5.13. The first-order valence-electron chi connectivity index (χ1n) is 8.54. The molecule has 2 atom stereocenters. The van der Waals surface area contributed by atoms with E-state index in [4.69, 9.17) is 0 Å². The average Bonchev–Trinajstić information content (AvgIpc) is 3.35. The maximum atomic E-state index is 12.8. The lowest BCUT2D eigenvalue weighted by molar-refractivity contribution is -0.131. The number of benzene rings is 1. The molecule has 0 spiro atoms. The van der Waals surface area contributed by atoms with Crippen molar-refractivity contribution < 1.29 is 4.79 Å². The van der Waals surface area contributed by atoms with Gasteiger partial charge < -0.3 is 4.90 Å². The summed E-state index contributed by atoms with van der Waals surface area (Å²) < 4.78 is 0. The Morgan fingerprint density at radius 2 is 2.08 bits per heavy atom. The highest BCUT2D eigenvalue weighted by Crippen LogP contribution is 2.33. The fourth-order valence-electron chi connectivity index (χ4n) is 3.60. The molecule has 4 rings (SSSR count). The van der Waals surface area contributed by atoms with E-state index in [0.29, 0.717) is 12.3 Å². The Morgan fingerprint density at radius 1 is 1.24 bits per heavy atom. The first kappa shape index (κ1) is 16.5.